The lowest BCUT2D eigenvalue weighted by Crippen LogP contribution is -1.95. The van der Waals surface area contributed by atoms with Crippen LogP contribution in [0.4, 0.5) is 0 Å². The number of pyridine rings is 2. The number of rotatable bonds is 2. The van der Waals surface area contributed by atoms with Crippen LogP contribution in [-0.2, 0) is 0 Å². The Kier molecular flexibility index (Phi) is 2.35. The molecule has 0 aliphatic carbocycles. The third kappa shape index (κ3) is 1.68. The minimum absolute atomic E-state index is 0.862. The van der Waals surface area contributed by atoms with Crippen molar-refractivity contribution in [3.05, 3.63) is 61.4 Å². The lowest BCUT2D eigenvalue weighted by Gasteiger charge is -2.02. The van der Waals surface area contributed by atoms with Gasteiger partial charge in [-0.2, -0.15) is 5.10 Å². The number of hydrogen-bond acceptors (Lipinski definition) is 3. The minimum atomic E-state index is 0.862. The fourth-order valence-electron chi connectivity index (χ4n) is 2.28. The van der Waals surface area contributed by atoms with Crippen molar-refractivity contribution >= 4 is 11.0 Å². The number of aromatic amines is 1. The highest BCUT2D eigenvalue weighted by molar-refractivity contribution is 5.84. The van der Waals surface area contributed by atoms with Gasteiger partial charge < -0.3 is 4.98 Å². The van der Waals surface area contributed by atoms with Crippen molar-refractivity contribution in [2.45, 2.75) is 0 Å². The molecule has 96 valence electrons. The van der Waals surface area contributed by atoms with Crippen LogP contribution in [0.15, 0.2) is 61.4 Å². The molecule has 5 nitrogen and oxygen atoms in total. The van der Waals surface area contributed by atoms with Crippen molar-refractivity contribution < 1.29 is 0 Å². The van der Waals surface area contributed by atoms with Gasteiger partial charge in [-0.15, -0.1) is 0 Å². The SMILES string of the molecule is c1cncc(-c2cnn(-c3ccnc4[nH]ccc34)c2)c1. The summed E-state index contributed by atoms with van der Waals surface area (Å²) < 4.78 is 1.86. The van der Waals surface area contributed by atoms with Gasteiger partial charge in [0, 0.05) is 47.5 Å². The maximum absolute atomic E-state index is 4.44. The van der Waals surface area contributed by atoms with Gasteiger partial charge in [-0.05, 0) is 18.2 Å². The van der Waals surface area contributed by atoms with E-state index in [9.17, 15) is 0 Å². The second-order valence-electron chi connectivity index (χ2n) is 4.49. The molecule has 0 aliphatic heterocycles. The molecule has 0 radical (unpaired) electrons. The standard InChI is InChI=1S/C15H11N5/c1-2-11(8-16-5-1)12-9-19-20(10-12)14-4-7-18-15-13(14)3-6-17-15/h1-10H,(H,17,18). The summed E-state index contributed by atoms with van der Waals surface area (Å²) in [5.41, 5.74) is 3.96. The zero-order valence-electron chi connectivity index (χ0n) is 10.6. The summed E-state index contributed by atoms with van der Waals surface area (Å²) in [4.78, 5) is 11.5. The van der Waals surface area contributed by atoms with E-state index in [1.165, 1.54) is 0 Å². The average molecular weight is 261 g/mol. The van der Waals surface area contributed by atoms with Gasteiger partial charge in [-0.1, -0.05) is 6.07 Å². The van der Waals surface area contributed by atoms with E-state index in [4.69, 9.17) is 0 Å². The van der Waals surface area contributed by atoms with Crippen LogP contribution >= 0.6 is 0 Å². The molecule has 0 atom stereocenters. The Labute approximate surface area is 114 Å². The highest BCUT2D eigenvalue weighted by atomic mass is 15.3. The monoisotopic (exact) mass is 261 g/mol. The number of hydrogen-bond donors (Lipinski definition) is 1. The van der Waals surface area contributed by atoms with Crippen LogP contribution < -0.4 is 0 Å². The van der Waals surface area contributed by atoms with Gasteiger partial charge in [-0.25, -0.2) is 9.67 Å². The van der Waals surface area contributed by atoms with Crippen molar-refractivity contribution in [3.63, 3.8) is 0 Å². The molecule has 0 aliphatic rings. The molecule has 20 heavy (non-hydrogen) atoms. The zero-order chi connectivity index (χ0) is 13.4. The lowest BCUT2D eigenvalue weighted by atomic mass is 10.2. The van der Waals surface area contributed by atoms with E-state index in [-0.39, 0.29) is 0 Å². The van der Waals surface area contributed by atoms with Crippen LogP contribution in [0.3, 0.4) is 0 Å². The second kappa shape index (κ2) is 4.31. The van der Waals surface area contributed by atoms with Crippen LogP contribution in [0.5, 0.6) is 0 Å². The third-order valence-corrected chi connectivity index (χ3v) is 3.26. The molecule has 0 bridgehead atoms. The van der Waals surface area contributed by atoms with Gasteiger partial charge in [-0.3, -0.25) is 4.98 Å². The van der Waals surface area contributed by atoms with Crippen LogP contribution in [0.1, 0.15) is 0 Å². The highest BCUT2D eigenvalue weighted by Gasteiger charge is 2.07. The fraction of sp³-hybridized carbons (Fsp3) is 0. The quantitative estimate of drug-likeness (QED) is 0.603. The van der Waals surface area contributed by atoms with Gasteiger partial charge >= 0.3 is 0 Å². The van der Waals surface area contributed by atoms with Crippen molar-refractivity contribution in [1.29, 1.82) is 0 Å². The van der Waals surface area contributed by atoms with E-state index in [0.717, 1.165) is 27.8 Å². The number of aromatic nitrogens is 5. The van der Waals surface area contributed by atoms with Crippen molar-refractivity contribution in [3.8, 4) is 16.8 Å². The van der Waals surface area contributed by atoms with Gasteiger partial charge in [0.25, 0.3) is 0 Å². The Morgan fingerprint density at radius 3 is 2.90 bits per heavy atom. The van der Waals surface area contributed by atoms with Crippen molar-refractivity contribution in [2.24, 2.45) is 0 Å². The molecule has 0 saturated heterocycles. The summed E-state index contributed by atoms with van der Waals surface area (Å²) in [6.45, 7) is 0. The molecular formula is C15H11N5. The fourth-order valence-corrected chi connectivity index (χ4v) is 2.28. The van der Waals surface area contributed by atoms with Crippen molar-refractivity contribution in [2.75, 3.05) is 0 Å². The number of H-pyrrole nitrogens is 1. The first kappa shape index (κ1) is 10.9. The Bertz CT molecular complexity index is 860. The average Bonchev–Trinajstić information content (AvgIpc) is 3.17. The molecule has 4 aromatic rings. The number of nitrogens with one attached hydrogen (secondary N) is 1. The number of nitrogens with zero attached hydrogens (tertiary/aromatic N) is 4. The molecular weight excluding hydrogens is 250 g/mol. The first-order valence-corrected chi connectivity index (χ1v) is 6.29. The largest absolute Gasteiger partial charge is 0.346 e. The number of fused-ring (bicyclic) bond motifs is 1. The van der Waals surface area contributed by atoms with Gasteiger partial charge in [0.15, 0.2) is 0 Å². The molecule has 4 aromatic heterocycles. The summed E-state index contributed by atoms with van der Waals surface area (Å²) >= 11 is 0. The van der Waals surface area contributed by atoms with E-state index in [2.05, 4.69) is 20.1 Å². The van der Waals surface area contributed by atoms with Crippen LogP contribution in [0.2, 0.25) is 0 Å². The second-order valence-corrected chi connectivity index (χ2v) is 4.49. The Morgan fingerprint density at radius 1 is 1.00 bits per heavy atom. The topological polar surface area (TPSA) is 59.4 Å². The minimum Gasteiger partial charge on any atom is -0.346 e. The van der Waals surface area contributed by atoms with Gasteiger partial charge in [0.05, 0.1) is 11.9 Å². The maximum Gasteiger partial charge on any atom is 0.139 e. The van der Waals surface area contributed by atoms with E-state index in [1.54, 1.807) is 12.4 Å². The summed E-state index contributed by atoms with van der Waals surface area (Å²) in [6, 6.07) is 7.90. The molecule has 0 spiro atoms. The first-order valence-electron chi connectivity index (χ1n) is 6.29. The Hall–Kier alpha value is -2.95. The van der Waals surface area contributed by atoms with Crippen LogP contribution in [0, 0.1) is 0 Å². The van der Waals surface area contributed by atoms with E-state index in [1.807, 2.05) is 53.7 Å². The van der Waals surface area contributed by atoms with E-state index < -0.39 is 0 Å². The predicted molar refractivity (Wildman–Crippen MR) is 76.4 cm³/mol. The maximum atomic E-state index is 4.44. The molecule has 4 heterocycles. The van der Waals surface area contributed by atoms with E-state index in [0.29, 0.717) is 0 Å². The lowest BCUT2D eigenvalue weighted by molar-refractivity contribution is 0.886. The van der Waals surface area contributed by atoms with E-state index >= 15 is 0 Å². The smallest absolute Gasteiger partial charge is 0.139 e. The molecule has 5 heteroatoms. The normalized spacial score (nSPS) is 11.0. The van der Waals surface area contributed by atoms with Gasteiger partial charge in [0.2, 0.25) is 0 Å². The summed E-state index contributed by atoms with van der Waals surface area (Å²) in [6.07, 6.45) is 11.1. The molecule has 0 unspecified atom stereocenters. The summed E-state index contributed by atoms with van der Waals surface area (Å²) in [5.74, 6) is 0. The molecule has 1 N–H and O–H groups in total. The molecule has 0 amide bonds. The third-order valence-electron chi connectivity index (χ3n) is 3.26. The molecule has 4 rings (SSSR count). The predicted octanol–water partition coefficient (Wildman–Crippen LogP) is 2.81. The van der Waals surface area contributed by atoms with Crippen LogP contribution in [-0.4, -0.2) is 24.7 Å². The highest BCUT2D eigenvalue weighted by Crippen LogP contribution is 2.22. The Morgan fingerprint density at radius 2 is 2.00 bits per heavy atom. The van der Waals surface area contributed by atoms with Crippen LogP contribution in [0.25, 0.3) is 27.8 Å². The Balaban J connectivity index is 1.84. The van der Waals surface area contributed by atoms with Gasteiger partial charge in [0.1, 0.15) is 5.65 Å². The molecule has 0 saturated carbocycles. The summed E-state index contributed by atoms with van der Waals surface area (Å²) in [5, 5.41) is 5.49. The summed E-state index contributed by atoms with van der Waals surface area (Å²) in [7, 11) is 0. The molecule has 0 aromatic carbocycles. The zero-order valence-corrected chi connectivity index (χ0v) is 10.6. The van der Waals surface area contributed by atoms with Crippen molar-refractivity contribution in [1.82, 2.24) is 24.7 Å². The first-order chi connectivity index (χ1) is 9.92. The molecule has 0 fully saturated rings.